The largest absolute Gasteiger partial charge is 0.256 e. The van der Waals surface area contributed by atoms with Crippen molar-refractivity contribution in [3.05, 3.63) is 118 Å². The Kier molecular flexibility index (Phi) is 3.90. The molecule has 0 N–H and O–H groups in total. The van der Waals surface area contributed by atoms with E-state index in [9.17, 15) is 0 Å². The molecular formula is C26H16ClN3. The van der Waals surface area contributed by atoms with Crippen LogP contribution in [0, 0.1) is 0 Å². The standard InChI is InChI=1S/C26H16ClN3/c27-17-10-11-18-20(12-13-28-22(18)15-17)24-19-8-4-5-9-21(19)26-25(24)23(29-30-26)14-16-6-2-1-3-7-16/h1-13,15H,14H2. The molecule has 0 unspecified atom stereocenters. The van der Waals surface area contributed by atoms with E-state index in [2.05, 4.69) is 69.8 Å². The minimum atomic E-state index is 0.686. The summed E-state index contributed by atoms with van der Waals surface area (Å²) in [7, 11) is 0. The summed E-state index contributed by atoms with van der Waals surface area (Å²) in [5.74, 6) is 0. The zero-order chi connectivity index (χ0) is 20.1. The minimum Gasteiger partial charge on any atom is -0.256 e. The lowest BCUT2D eigenvalue weighted by atomic mass is 9.92. The highest BCUT2D eigenvalue weighted by Gasteiger charge is 2.35. The lowest BCUT2D eigenvalue weighted by Crippen LogP contribution is -2.10. The Morgan fingerprint density at radius 3 is 2.37 bits per heavy atom. The average Bonchev–Trinajstić information content (AvgIpc) is 3.32. The monoisotopic (exact) mass is 405 g/mol. The summed E-state index contributed by atoms with van der Waals surface area (Å²) < 4.78 is 0. The third-order valence-electron chi connectivity index (χ3n) is 5.69. The van der Waals surface area contributed by atoms with E-state index in [1.807, 2.05) is 30.5 Å². The number of benzene rings is 3. The van der Waals surface area contributed by atoms with Crippen molar-refractivity contribution < 1.29 is 0 Å². The molecule has 30 heavy (non-hydrogen) atoms. The Morgan fingerprint density at radius 2 is 1.50 bits per heavy atom. The second-order valence-electron chi connectivity index (χ2n) is 7.47. The number of aromatic nitrogens is 1. The normalized spacial score (nSPS) is 14.6. The Labute approximate surface area is 179 Å². The van der Waals surface area contributed by atoms with Crippen LogP contribution in [0.1, 0.15) is 22.3 Å². The van der Waals surface area contributed by atoms with Gasteiger partial charge < -0.3 is 0 Å². The maximum absolute atomic E-state index is 6.22. The number of allylic oxidation sites excluding steroid dienone is 1. The average molecular weight is 406 g/mol. The first-order chi connectivity index (χ1) is 14.8. The van der Waals surface area contributed by atoms with Gasteiger partial charge in [0.1, 0.15) is 5.71 Å². The van der Waals surface area contributed by atoms with Crippen molar-refractivity contribution in [3.63, 3.8) is 0 Å². The first kappa shape index (κ1) is 17.3. The summed E-state index contributed by atoms with van der Waals surface area (Å²) in [6, 6.07) is 26.8. The van der Waals surface area contributed by atoms with Crippen LogP contribution in [-0.2, 0) is 6.42 Å². The Morgan fingerprint density at radius 1 is 0.700 bits per heavy atom. The summed E-state index contributed by atoms with van der Waals surface area (Å²) >= 11 is 6.22. The van der Waals surface area contributed by atoms with Crippen LogP contribution in [-0.4, -0.2) is 16.4 Å². The predicted octanol–water partition coefficient (Wildman–Crippen LogP) is 6.11. The number of hydrogen-bond donors (Lipinski definition) is 0. The van der Waals surface area contributed by atoms with Crippen molar-refractivity contribution >= 4 is 39.5 Å². The highest BCUT2D eigenvalue weighted by molar-refractivity contribution is 6.42. The first-order valence-electron chi connectivity index (χ1n) is 9.87. The van der Waals surface area contributed by atoms with Gasteiger partial charge >= 0.3 is 0 Å². The molecule has 2 aliphatic rings. The molecule has 1 aliphatic heterocycles. The number of hydrogen-bond acceptors (Lipinski definition) is 3. The van der Waals surface area contributed by atoms with Crippen LogP contribution in [0.2, 0.25) is 5.02 Å². The summed E-state index contributed by atoms with van der Waals surface area (Å²) in [6.45, 7) is 0. The fourth-order valence-corrected chi connectivity index (χ4v) is 4.54. The molecule has 3 aromatic carbocycles. The van der Waals surface area contributed by atoms with Crippen LogP contribution in [0.5, 0.6) is 0 Å². The number of pyridine rings is 1. The van der Waals surface area contributed by atoms with Gasteiger partial charge in [-0.05, 0) is 34.9 Å². The van der Waals surface area contributed by atoms with Gasteiger partial charge in [0.05, 0.1) is 11.2 Å². The number of nitrogens with zero attached hydrogens (tertiary/aromatic N) is 3. The van der Waals surface area contributed by atoms with E-state index in [0.29, 0.717) is 5.02 Å². The van der Waals surface area contributed by atoms with Crippen molar-refractivity contribution in [2.45, 2.75) is 6.42 Å². The van der Waals surface area contributed by atoms with E-state index in [1.165, 1.54) is 16.7 Å². The van der Waals surface area contributed by atoms with Gasteiger partial charge in [-0.1, -0.05) is 72.3 Å². The van der Waals surface area contributed by atoms with Crippen LogP contribution in [0.15, 0.2) is 101 Å². The summed E-state index contributed by atoms with van der Waals surface area (Å²) in [5.41, 5.74) is 9.83. The molecule has 0 bridgehead atoms. The molecule has 142 valence electrons. The van der Waals surface area contributed by atoms with E-state index in [4.69, 9.17) is 11.6 Å². The number of halogens is 1. The maximum Gasteiger partial charge on any atom is 0.103 e. The van der Waals surface area contributed by atoms with Crippen LogP contribution in [0.3, 0.4) is 0 Å². The minimum absolute atomic E-state index is 0.686. The topological polar surface area (TPSA) is 37.6 Å². The second kappa shape index (κ2) is 6.75. The summed E-state index contributed by atoms with van der Waals surface area (Å²) in [4.78, 5) is 4.53. The zero-order valence-electron chi connectivity index (χ0n) is 16.0. The molecule has 4 aromatic rings. The molecule has 1 aromatic heterocycles. The molecule has 0 amide bonds. The number of fused-ring (bicyclic) bond motifs is 4. The van der Waals surface area contributed by atoms with Gasteiger partial charge in [0.15, 0.2) is 0 Å². The Bertz CT molecular complexity index is 1410. The molecule has 6 rings (SSSR count). The second-order valence-corrected chi connectivity index (χ2v) is 7.91. The van der Waals surface area contributed by atoms with Gasteiger partial charge in [0.25, 0.3) is 0 Å². The fraction of sp³-hybridized carbons (Fsp3) is 0.0385. The lowest BCUT2D eigenvalue weighted by molar-refractivity contribution is 1.22. The van der Waals surface area contributed by atoms with E-state index in [-0.39, 0.29) is 0 Å². The van der Waals surface area contributed by atoms with Crippen molar-refractivity contribution in [1.82, 2.24) is 4.98 Å². The number of rotatable bonds is 3. The Balaban J connectivity index is 1.60. The molecule has 3 nitrogen and oxygen atoms in total. The van der Waals surface area contributed by atoms with E-state index in [1.54, 1.807) is 0 Å². The first-order valence-corrected chi connectivity index (χ1v) is 10.3. The van der Waals surface area contributed by atoms with Crippen molar-refractivity contribution in [3.8, 4) is 0 Å². The van der Waals surface area contributed by atoms with Crippen molar-refractivity contribution in [2.75, 3.05) is 0 Å². The molecule has 0 saturated heterocycles. The molecule has 2 heterocycles. The molecule has 1 aliphatic carbocycles. The van der Waals surface area contributed by atoms with Gasteiger partial charge in [-0.15, -0.1) is 5.10 Å². The van der Waals surface area contributed by atoms with Crippen LogP contribution in [0.4, 0.5) is 0 Å². The SMILES string of the molecule is Clc1ccc2c(C3=C4C(Cc5ccccc5)=NN=C4c4ccccc43)ccnc2c1. The summed E-state index contributed by atoms with van der Waals surface area (Å²) in [6.07, 6.45) is 2.60. The van der Waals surface area contributed by atoms with Gasteiger partial charge in [-0.2, -0.15) is 5.10 Å². The highest BCUT2D eigenvalue weighted by Crippen LogP contribution is 2.42. The van der Waals surface area contributed by atoms with Gasteiger partial charge in [-0.3, -0.25) is 4.98 Å². The summed E-state index contributed by atoms with van der Waals surface area (Å²) in [5, 5.41) is 11.0. The van der Waals surface area contributed by atoms with Crippen molar-refractivity contribution in [2.24, 2.45) is 10.2 Å². The lowest BCUT2D eigenvalue weighted by Gasteiger charge is -2.12. The van der Waals surface area contributed by atoms with E-state index >= 15 is 0 Å². The molecule has 0 atom stereocenters. The molecule has 0 spiro atoms. The van der Waals surface area contributed by atoms with Crippen LogP contribution in [0.25, 0.3) is 16.5 Å². The molecule has 0 saturated carbocycles. The molecule has 0 radical (unpaired) electrons. The van der Waals surface area contributed by atoms with Gasteiger partial charge in [0, 0.05) is 39.7 Å². The van der Waals surface area contributed by atoms with Gasteiger partial charge in [-0.25, -0.2) is 0 Å². The third kappa shape index (κ3) is 2.63. The highest BCUT2D eigenvalue weighted by atomic mass is 35.5. The smallest absolute Gasteiger partial charge is 0.103 e. The van der Waals surface area contributed by atoms with E-state index < -0.39 is 0 Å². The van der Waals surface area contributed by atoms with Gasteiger partial charge in [0.2, 0.25) is 0 Å². The molecule has 4 heteroatoms. The van der Waals surface area contributed by atoms with Crippen LogP contribution < -0.4 is 0 Å². The zero-order valence-corrected chi connectivity index (χ0v) is 16.8. The van der Waals surface area contributed by atoms with E-state index in [0.717, 1.165) is 45.4 Å². The molecular weight excluding hydrogens is 390 g/mol. The maximum atomic E-state index is 6.22. The predicted molar refractivity (Wildman–Crippen MR) is 123 cm³/mol. The fourth-order valence-electron chi connectivity index (χ4n) is 4.37. The third-order valence-corrected chi connectivity index (χ3v) is 5.92. The van der Waals surface area contributed by atoms with Crippen molar-refractivity contribution in [1.29, 1.82) is 0 Å². The quantitative estimate of drug-likeness (QED) is 0.405. The molecule has 0 fully saturated rings. The Hall–Kier alpha value is -3.56. The van der Waals surface area contributed by atoms with Crippen LogP contribution >= 0.6 is 11.6 Å².